The second-order valence-corrected chi connectivity index (χ2v) is 3.23. The van der Waals surface area contributed by atoms with Crippen molar-refractivity contribution in [2.45, 2.75) is 13.3 Å². The molecule has 0 spiro atoms. The van der Waals surface area contributed by atoms with Crippen molar-refractivity contribution in [1.29, 1.82) is 0 Å². The van der Waals surface area contributed by atoms with E-state index in [4.69, 9.17) is 4.42 Å². The number of hydrogen-bond donors (Lipinski definition) is 0. The van der Waals surface area contributed by atoms with Gasteiger partial charge in [-0.05, 0) is 29.7 Å². The first-order valence-corrected chi connectivity index (χ1v) is 4.42. The Labute approximate surface area is 78.0 Å². The first-order valence-electron chi connectivity index (χ1n) is 4.42. The summed E-state index contributed by atoms with van der Waals surface area (Å²) >= 11 is 0. The predicted molar refractivity (Wildman–Crippen MR) is 52.7 cm³/mol. The molecular formula is C12H12O. The second-order valence-electron chi connectivity index (χ2n) is 3.23. The van der Waals surface area contributed by atoms with E-state index in [0.29, 0.717) is 0 Å². The summed E-state index contributed by atoms with van der Waals surface area (Å²) in [7, 11) is 0. The van der Waals surface area contributed by atoms with Crippen molar-refractivity contribution in [2.75, 3.05) is 0 Å². The van der Waals surface area contributed by atoms with Gasteiger partial charge in [0, 0.05) is 6.42 Å². The number of hydrogen-bond acceptors (Lipinski definition) is 1. The molecule has 0 saturated heterocycles. The molecule has 1 aromatic heterocycles. The van der Waals surface area contributed by atoms with E-state index in [1.807, 2.05) is 6.07 Å². The molecule has 0 atom stereocenters. The van der Waals surface area contributed by atoms with Gasteiger partial charge in [-0.25, -0.2) is 0 Å². The average molecular weight is 172 g/mol. The molecule has 0 unspecified atom stereocenters. The van der Waals surface area contributed by atoms with Crippen LogP contribution in [0.1, 0.15) is 16.7 Å². The van der Waals surface area contributed by atoms with Crippen LogP contribution in [-0.4, -0.2) is 0 Å². The molecule has 13 heavy (non-hydrogen) atoms. The van der Waals surface area contributed by atoms with Gasteiger partial charge in [-0.2, -0.15) is 0 Å². The van der Waals surface area contributed by atoms with Gasteiger partial charge >= 0.3 is 0 Å². The summed E-state index contributed by atoms with van der Waals surface area (Å²) in [6.07, 6.45) is 4.48. The second kappa shape index (κ2) is 3.48. The summed E-state index contributed by atoms with van der Waals surface area (Å²) in [5.41, 5.74) is 3.93. The molecule has 0 aliphatic heterocycles. The zero-order valence-electron chi connectivity index (χ0n) is 7.66. The zero-order chi connectivity index (χ0) is 9.10. The lowest BCUT2D eigenvalue weighted by Crippen LogP contribution is -1.88. The summed E-state index contributed by atoms with van der Waals surface area (Å²) < 4.78 is 5.03. The van der Waals surface area contributed by atoms with Crippen molar-refractivity contribution in [2.24, 2.45) is 0 Å². The maximum absolute atomic E-state index is 5.03. The molecule has 0 amide bonds. The van der Waals surface area contributed by atoms with E-state index < -0.39 is 0 Å². The molecule has 0 bridgehead atoms. The molecule has 0 radical (unpaired) electrons. The first kappa shape index (κ1) is 8.11. The Morgan fingerprint density at radius 3 is 2.69 bits per heavy atom. The third-order valence-electron chi connectivity index (χ3n) is 2.24. The summed E-state index contributed by atoms with van der Waals surface area (Å²) in [6, 6.07) is 10.4. The SMILES string of the molecule is Cc1ccccc1Cc1ccoc1. The highest BCUT2D eigenvalue weighted by Gasteiger charge is 1.99. The summed E-state index contributed by atoms with van der Waals surface area (Å²) in [5.74, 6) is 0. The lowest BCUT2D eigenvalue weighted by molar-refractivity contribution is 0.564. The molecular weight excluding hydrogens is 160 g/mol. The maximum atomic E-state index is 5.03. The topological polar surface area (TPSA) is 13.1 Å². The number of benzene rings is 1. The molecule has 0 fully saturated rings. The van der Waals surface area contributed by atoms with Crippen LogP contribution in [0.15, 0.2) is 47.3 Å². The molecule has 1 heteroatoms. The zero-order valence-corrected chi connectivity index (χ0v) is 7.66. The van der Waals surface area contributed by atoms with Crippen LogP contribution in [0.2, 0.25) is 0 Å². The minimum absolute atomic E-state index is 0.961. The van der Waals surface area contributed by atoms with E-state index in [1.54, 1.807) is 12.5 Å². The van der Waals surface area contributed by atoms with Gasteiger partial charge in [0.2, 0.25) is 0 Å². The van der Waals surface area contributed by atoms with Crippen LogP contribution in [0, 0.1) is 6.92 Å². The predicted octanol–water partition coefficient (Wildman–Crippen LogP) is 3.18. The van der Waals surface area contributed by atoms with Crippen LogP contribution >= 0.6 is 0 Å². The van der Waals surface area contributed by atoms with E-state index in [2.05, 4.69) is 31.2 Å². The summed E-state index contributed by atoms with van der Waals surface area (Å²) in [6.45, 7) is 2.13. The highest BCUT2D eigenvalue weighted by molar-refractivity contribution is 5.30. The molecule has 2 aromatic rings. The molecule has 1 aromatic carbocycles. The van der Waals surface area contributed by atoms with Crippen molar-refractivity contribution in [3.63, 3.8) is 0 Å². The Kier molecular flexibility index (Phi) is 2.17. The standard InChI is InChI=1S/C12H12O/c1-10-4-2-3-5-12(10)8-11-6-7-13-9-11/h2-7,9H,8H2,1H3. The Bertz CT molecular complexity index is 374. The third kappa shape index (κ3) is 1.81. The molecule has 2 rings (SSSR count). The minimum Gasteiger partial charge on any atom is -0.472 e. The van der Waals surface area contributed by atoms with Gasteiger partial charge in [0.1, 0.15) is 0 Å². The van der Waals surface area contributed by atoms with Gasteiger partial charge in [-0.3, -0.25) is 0 Å². The van der Waals surface area contributed by atoms with Gasteiger partial charge in [-0.15, -0.1) is 0 Å². The Balaban J connectivity index is 2.24. The molecule has 1 nitrogen and oxygen atoms in total. The number of aryl methyl sites for hydroxylation is 1. The van der Waals surface area contributed by atoms with Crippen molar-refractivity contribution in [3.05, 3.63) is 59.5 Å². The van der Waals surface area contributed by atoms with Crippen molar-refractivity contribution >= 4 is 0 Å². The number of furan rings is 1. The van der Waals surface area contributed by atoms with E-state index in [9.17, 15) is 0 Å². The molecule has 66 valence electrons. The van der Waals surface area contributed by atoms with Gasteiger partial charge in [-0.1, -0.05) is 24.3 Å². The fraction of sp³-hybridized carbons (Fsp3) is 0.167. The largest absolute Gasteiger partial charge is 0.472 e. The molecule has 0 aliphatic carbocycles. The van der Waals surface area contributed by atoms with Crippen molar-refractivity contribution in [1.82, 2.24) is 0 Å². The maximum Gasteiger partial charge on any atom is 0.0937 e. The average Bonchev–Trinajstić information content (AvgIpc) is 2.61. The lowest BCUT2D eigenvalue weighted by atomic mass is 10.0. The highest BCUT2D eigenvalue weighted by atomic mass is 16.3. The third-order valence-corrected chi connectivity index (χ3v) is 2.24. The first-order chi connectivity index (χ1) is 6.36. The van der Waals surface area contributed by atoms with Crippen molar-refractivity contribution < 1.29 is 4.42 Å². The van der Waals surface area contributed by atoms with Crippen LogP contribution in [-0.2, 0) is 6.42 Å². The van der Waals surface area contributed by atoms with E-state index in [-0.39, 0.29) is 0 Å². The van der Waals surface area contributed by atoms with Crippen LogP contribution in [0.25, 0.3) is 0 Å². The van der Waals surface area contributed by atoms with E-state index >= 15 is 0 Å². The Hall–Kier alpha value is -1.50. The summed E-state index contributed by atoms with van der Waals surface area (Å²) in [4.78, 5) is 0. The van der Waals surface area contributed by atoms with Crippen molar-refractivity contribution in [3.8, 4) is 0 Å². The highest BCUT2D eigenvalue weighted by Crippen LogP contribution is 2.13. The van der Waals surface area contributed by atoms with Gasteiger partial charge < -0.3 is 4.42 Å². The van der Waals surface area contributed by atoms with E-state index in [1.165, 1.54) is 16.7 Å². The fourth-order valence-electron chi connectivity index (χ4n) is 1.42. The quantitative estimate of drug-likeness (QED) is 0.678. The van der Waals surface area contributed by atoms with Gasteiger partial charge in [0.25, 0.3) is 0 Å². The van der Waals surface area contributed by atoms with Gasteiger partial charge in [0.15, 0.2) is 0 Å². The molecule has 0 saturated carbocycles. The molecule has 0 N–H and O–H groups in total. The van der Waals surface area contributed by atoms with E-state index in [0.717, 1.165) is 6.42 Å². The lowest BCUT2D eigenvalue weighted by Gasteiger charge is -2.02. The molecule has 0 aliphatic rings. The van der Waals surface area contributed by atoms with Crippen LogP contribution in [0.4, 0.5) is 0 Å². The number of rotatable bonds is 2. The normalized spacial score (nSPS) is 10.2. The Morgan fingerprint density at radius 2 is 2.00 bits per heavy atom. The monoisotopic (exact) mass is 172 g/mol. The summed E-state index contributed by atoms with van der Waals surface area (Å²) in [5, 5.41) is 0. The van der Waals surface area contributed by atoms with Crippen LogP contribution in [0.5, 0.6) is 0 Å². The van der Waals surface area contributed by atoms with Crippen LogP contribution < -0.4 is 0 Å². The molecule has 1 heterocycles. The Morgan fingerprint density at radius 1 is 1.15 bits per heavy atom. The smallest absolute Gasteiger partial charge is 0.0937 e. The van der Waals surface area contributed by atoms with Gasteiger partial charge in [0.05, 0.1) is 12.5 Å². The fourth-order valence-corrected chi connectivity index (χ4v) is 1.42. The van der Waals surface area contributed by atoms with Crippen LogP contribution in [0.3, 0.4) is 0 Å². The minimum atomic E-state index is 0.961.